The molecule has 2 amide bonds. The first kappa shape index (κ1) is 18.9. The standard InChI is InChI=1S/C19H16N2O4S2/c1-11(22)20-13-4-6-14(7-5-13)21-18(24)17(27-19(21)26)10-12-3-8-15(23)16(9-12)25-2/h3-10,23H,1-2H3,(H,20,22)/b17-10+. The number of phenolic OH excluding ortho intramolecular Hbond substituents is 1. The van der Waals surface area contributed by atoms with Crippen molar-refractivity contribution in [3.63, 3.8) is 0 Å². The molecule has 1 saturated heterocycles. The lowest BCUT2D eigenvalue weighted by Gasteiger charge is -2.15. The van der Waals surface area contributed by atoms with Gasteiger partial charge >= 0.3 is 0 Å². The lowest BCUT2D eigenvalue weighted by atomic mass is 10.2. The number of nitrogens with zero attached hydrogens (tertiary/aromatic N) is 1. The largest absolute Gasteiger partial charge is 0.504 e. The number of thioether (sulfide) groups is 1. The molecule has 2 N–H and O–H groups in total. The monoisotopic (exact) mass is 400 g/mol. The van der Waals surface area contributed by atoms with Gasteiger partial charge in [-0.15, -0.1) is 0 Å². The average Bonchev–Trinajstić information content (AvgIpc) is 2.90. The van der Waals surface area contributed by atoms with Crippen LogP contribution >= 0.6 is 24.0 Å². The van der Waals surface area contributed by atoms with Crippen molar-refractivity contribution >= 4 is 57.6 Å². The van der Waals surface area contributed by atoms with Gasteiger partial charge in [0.05, 0.1) is 17.7 Å². The second kappa shape index (κ2) is 7.81. The molecule has 0 radical (unpaired) electrons. The third-order valence-electron chi connectivity index (χ3n) is 3.74. The fourth-order valence-electron chi connectivity index (χ4n) is 2.52. The van der Waals surface area contributed by atoms with Gasteiger partial charge in [-0.25, -0.2) is 0 Å². The van der Waals surface area contributed by atoms with Gasteiger partial charge in [-0.3, -0.25) is 14.5 Å². The maximum absolute atomic E-state index is 12.8. The smallest absolute Gasteiger partial charge is 0.270 e. The van der Waals surface area contributed by atoms with Gasteiger partial charge in [-0.1, -0.05) is 30.0 Å². The highest BCUT2D eigenvalue weighted by Crippen LogP contribution is 2.37. The number of anilines is 2. The number of thiocarbonyl (C=S) groups is 1. The number of ether oxygens (including phenoxy) is 1. The third-order valence-corrected chi connectivity index (χ3v) is 5.04. The fraction of sp³-hybridized carbons (Fsp3) is 0.105. The van der Waals surface area contributed by atoms with E-state index >= 15 is 0 Å². The minimum atomic E-state index is -0.232. The topological polar surface area (TPSA) is 78.9 Å². The number of benzene rings is 2. The minimum Gasteiger partial charge on any atom is -0.504 e. The van der Waals surface area contributed by atoms with Crippen LogP contribution in [0.4, 0.5) is 11.4 Å². The van der Waals surface area contributed by atoms with Crippen molar-refractivity contribution in [1.82, 2.24) is 0 Å². The number of carbonyl (C=O) groups is 2. The highest BCUT2D eigenvalue weighted by atomic mass is 32.2. The Morgan fingerprint density at radius 2 is 1.96 bits per heavy atom. The van der Waals surface area contributed by atoms with Crippen molar-refractivity contribution in [3.05, 3.63) is 52.9 Å². The van der Waals surface area contributed by atoms with E-state index in [1.54, 1.807) is 42.5 Å². The van der Waals surface area contributed by atoms with E-state index in [4.69, 9.17) is 17.0 Å². The highest BCUT2D eigenvalue weighted by molar-refractivity contribution is 8.27. The number of phenols is 1. The van der Waals surface area contributed by atoms with Gasteiger partial charge in [0.1, 0.15) is 0 Å². The van der Waals surface area contributed by atoms with Crippen LogP contribution in [0.5, 0.6) is 11.5 Å². The number of methoxy groups -OCH3 is 1. The summed E-state index contributed by atoms with van der Waals surface area (Å²) >= 11 is 6.56. The molecule has 0 bridgehead atoms. The molecule has 0 saturated carbocycles. The normalized spacial score (nSPS) is 15.3. The zero-order valence-electron chi connectivity index (χ0n) is 14.6. The Labute approximate surface area is 165 Å². The van der Waals surface area contributed by atoms with Crippen LogP contribution in [-0.4, -0.2) is 28.4 Å². The van der Waals surface area contributed by atoms with Gasteiger partial charge in [-0.05, 0) is 48.0 Å². The lowest BCUT2D eigenvalue weighted by Crippen LogP contribution is -2.27. The molecule has 0 unspecified atom stereocenters. The van der Waals surface area contributed by atoms with Crippen molar-refractivity contribution in [2.75, 3.05) is 17.3 Å². The molecule has 2 aromatic carbocycles. The fourth-order valence-corrected chi connectivity index (χ4v) is 3.82. The van der Waals surface area contributed by atoms with Crippen LogP contribution < -0.4 is 15.0 Å². The van der Waals surface area contributed by atoms with E-state index in [0.29, 0.717) is 31.9 Å². The van der Waals surface area contributed by atoms with E-state index in [2.05, 4.69) is 5.32 Å². The van der Waals surface area contributed by atoms with Crippen LogP contribution in [0, 0.1) is 0 Å². The average molecular weight is 400 g/mol. The summed E-state index contributed by atoms with van der Waals surface area (Å²) in [4.78, 5) is 25.8. The first-order chi connectivity index (χ1) is 12.9. The van der Waals surface area contributed by atoms with Gasteiger partial charge in [0, 0.05) is 12.6 Å². The van der Waals surface area contributed by atoms with E-state index in [9.17, 15) is 14.7 Å². The molecule has 1 fully saturated rings. The second-order valence-electron chi connectivity index (χ2n) is 5.68. The first-order valence-corrected chi connectivity index (χ1v) is 9.14. The van der Waals surface area contributed by atoms with Crippen LogP contribution in [0.2, 0.25) is 0 Å². The Morgan fingerprint density at radius 1 is 1.26 bits per heavy atom. The summed E-state index contributed by atoms with van der Waals surface area (Å²) in [6, 6.07) is 11.7. The molecule has 1 heterocycles. The number of rotatable bonds is 4. The van der Waals surface area contributed by atoms with E-state index < -0.39 is 0 Å². The lowest BCUT2D eigenvalue weighted by molar-refractivity contribution is -0.114. The maximum atomic E-state index is 12.8. The van der Waals surface area contributed by atoms with Crippen molar-refractivity contribution < 1.29 is 19.4 Å². The molecule has 27 heavy (non-hydrogen) atoms. The summed E-state index contributed by atoms with van der Waals surface area (Å²) in [5.74, 6) is -0.0424. The Morgan fingerprint density at radius 3 is 2.59 bits per heavy atom. The quantitative estimate of drug-likeness (QED) is 0.601. The van der Waals surface area contributed by atoms with E-state index in [1.807, 2.05) is 0 Å². The summed E-state index contributed by atoms with van der Waals surface area (Å²) in [7, 11) is 1.46. The molecule has 8 heteroatoms. The molecular formula is C19H16N2O4S2. The Balaban J connectivity index is 1.85. The van der Waals surface area contributed by atoms with Gasteiger partial charge in [0.2, 0.25) is 5.91 Å². The van der Waals surface area contributed by atoms with Crippen LogP contribution in [0.25, 0.3) is 6.08 Å². The predicted octanol–water partition coefficient (Wildman–Crippen LogP) is 3.77. The number of aromatic hydroxyl groups is 1. The highest BCUT2D eigenvalue weighted by Gasteiger charge is 2.33. The summed E-state index contributed by atoms with van der Waals surface area (Å²) in [5.41, 5.74) is 1.98. The van der Waals surface area contributed by atoms with Crippen LogP contribution in [-0.2, 0) is 9.59 Å². The minimum absolute atomic E-state index is 0.0291. The number of amides is 2. The molecule has 3 rings (SSSR count). The number of hydrogen-bond donors (Lipinski definition) is 2. The Hall–Kier alpha value is -2.84. The Kier molecular flexibility index (Phi) is 5.48. The summed E-state index contributed by atoms with van der Waals surface area (Å²) in [6.07, 6.45) is 1.70. The van der Waals surface area contributed by atoms with Crippen molar-refractivity contribution in [1.29, 1.82) is 0 Å². The molecule has 0 aromatic heterocycles. The molecule has 138 valence electrons. The molecule has 2 aromatic rings. The van der Waals surface area contributed by atoms with Gasteiger partial charge in [-0.2, -0.15) is 0 Å². The second-order valence-corrected chi connectivity index (χ2v) is 7.35. The van der Waals surface area contributed by atoms with Crippen molar-refractivity contribution in [3.8, 4) is 11.5 Å². The third kappa shape index (κ3) is 4.12. The number of carbonyl (C=O) groups excluding carboxylic acids is 2. The van der Waals surface area contributed by atoms with Gasteiger partial charge < -0.3 is 15.2 Å². The van der Waals surface area contributed by atoms with E-state index in [0.717, 1.165) is 0 Å². The maximum Gasteiger partial charge on any atom is 0.270 e. The van der Waals surface area contributed by atoms with Crippen molar-refractivity contribution in [2.45, 2.75) is 6.92 Å². The molecule has 0 atom stereocenters. The predicted molar refractivity (Wildman–Crippen MR) is 111 cm³/mol. The molecular weight excluding hydrogens is 384 g/mol. The zero-order chi connectivity index (χ0) is 19.6. The molecule has 0 aliphatic carbocycles. The zero-order valence-corrected chi connectivity index (χ0v) is 16.2. The van der Waals surface area contributed by atoms with Crippen LogP contribution in [0.3, 0.4) is 0 Å². The molecule has 1 aliphatic rings. The first-order valence-electron chi connectivity index (χ1n) is 7.91. The number of hydrogen-bond acceptors (Lipinski definition) is 6. The Bertz CT molecular complexity index is 955. The molecule has 1 aliphatic heterocycles. The van der Waals surface area contributed by atoms with E-state index in [-0.39, 0.29) is 17.6 Å². The van der Waals surface area contributed by atoms with E-state index in [1.165, 1.54) is 36.8 Å². The summed E-state index contributed by atoms with van der Waals surface area (Å²) in [5, 5.41) is 12.4. The number of nitrogens with one attached hydrogen (secondary N) is 1. The molecule has 0 spiro atoms. The molecule has 6 nitrogen and oxygen atoms in total. The van der Waals surface area contributed by atoms with Crippen LogP contribution in [0.1, 0.15) is 12.5 Å². The summed E-state index contributed by atoms with van der Waals surface area (Å²) in [6.45, 7) is 1.43. The van der Waals surface area contributed by atoms with Gasteiger partial charge in [0.25, 0.3) is 5.91 Å². The van der Waals surface area contributed by atoms with Crippen molar-refractivity contribution in [2.24, 2.45) is 0 Å². The van der Waals surface area contributed by atoms with Crippen LogP contribution in [0.15, 0.2) is 47.4 Å². The summed E-state index contributed by atoms with van der Waals surface area (Å²) < 4.78 is 5.51. The van der Waals surface area contributed by atoms with Gasteiger partial charge in [0.15, 0.2) is 15.8 Å². The SMILES string of the molecule is COc1cc(/C=C2/SC(=S)N(c3ccc(NC(C)=O)cc3)C2=O)ccc1O.